The third-order valence-corrected chi connectivity index (χ3v) is 6.34. The Balaban J connectivity index is 2.05. The first-order valence-corrected chi connectivity index (χ1v) is 9.76. The number of hydrogen-bond acceptors (Lipinski definition) is 2. The number of rotatable bonds is 7. The molecule has 0 amide bonds. The first kappa shape index (κ1) is 16.7. The van der Waals surface area contributed by atoms with Gasteiger partial charge in [0.2, 0.25) is 0 Å². The molecule has 0 aromatic heterocycles. The van der Waals surface area contributed by atoms with Crippen molar-refractivity contribution >= 4 is 10.8 Å². The summed E-state index contributed by atoms with van der Waals surface area (Å²) in [6.45, 7) is 5.32. The maximum Gasteiger partial charge on any atom is 0.0439 e. The SMILES string of the molecule is CCCNC(CS(=O)C1CCCCC1)c1ccccc1C. The summed E-state index contributed by atoms with van der Waals surface area (Å²) >= 11 is 0. The molecule has 0 heterocycles. The van der Waals surface area contributed by atoms with Crippen molar-refractivity contribution in [1.29, 1.82) is 0 Å². The van der Waals surface area contributed by atoms with Crippen molar-refractivity contribution in [2.45, 2.75) is 63.7 Å². The van der Waals surface area contributed by atoms with Crippen molar-refractivity contribution in [2.24, 2.45) is 0 Å². The van der Waals surface area contributed by atoms with Gasteiger partial charge in [-0.3, -0.25) is 4.21 Å². The number of aryl methyl sites for hydroxylation is 1. The first-order valence-electron chi connectivity index (χ1n) is 8.38. The fourth-order valence-electron chi connectivity index (χ4n) is 3.18. The van der Waals surface area contributed by atoms with Gasteiger partial charge in [-0.15, -0.1) is 0 Å². The summed E-state index contributed by atoms with van der Waals surface area (Å²) in [6.07, 6.45) is 7.25. The molecule has 0 saturated heterocycles. The van der Waals surface area contributed by atoms with Crippen LogP contribution in [0.3, 0.4) is 0 Å². The molecule has 2 atom stereocenters. The Morgan fingerprint density at radius 1 is 1.24 bits per heavy atom. The molecule has 0 bridgehead atoms. The highest BCUT2D eigenvalue weighted by Crippen LogP contribution is 2.25. The second kappa shape index (κ2) is 8.70. The lowest BCUT2D eigenvalue weighted by molar-refractivity contribution is 0.499. The van der Waals surface area contributed by atoms with E-state index in [9.17, 15) is 4.21 Å². The predicted octanol–water partition coefficient (Wildman–Crippen LogP) is 4.12. The molecule has 0 spiro atoms. The molecule has 1 fully saturated rings. The van der Waals surface area contributed by atoms with E-state index in [4.69, 9.17) is 0 Å². The molecule has 1 saturated carbocycles. The van der Waals surface area contributed by atoms with E-state index in [0.717, 1.165) is 31.6 Å². The van der Waals surface area contributed by atoms with Crippen LogP contribution in [0.15, 0.2) is 24.3 Å². The fourth-order valence-corrected chi connectivity index (χ4v) is 4.94. The summed E-state index contributed by atoms with van der Waals surface area (Å²) < 4.78 is 12.7. The van der Waals surface area contributed by atoms with Gasteiger partial charge in [0.1, 0.15) is 0 Å². The molecule has 2 nitrogen and oxygen atoms in total. The predicted molar refractivity (Wildman–Crippen MR) is 92.1 cm³/mol. The maximum atomic E-state index is 12.7. The van der Waals surface area contributed by atoms with E-state index >= 15 is 0 Å². The van der Waals surface area contributed by atoms with Gasteiger partial charge in [0.15, 0.2) is 0 Å². The Hall–Kier alpha value is -0.670. The van der Waals surface area contributed by atoms with Crippen LogP contribution in [0.5, 0.6) is 0 Å². The van der Waals surface area contributed by atoms with E-state index in [1.807, 2.05) is 0 Å². The van der Waals surface area contributed by atoms with Gasteiger partial charge in [-0.05, 0) is 43.9 Å². The van der Waals surface area contributed by atoms with Gasteiger partial charge < -0.3 is 5.32 Å². The van der Waals surface area contributed by atoms with E-state index in [0.29, 0.717) is 5.25 Å². The molecular weight excluding hydrogens is 278 g/mol. The van der Waals surface area contributed by atoms with Crippen LogP contribution in [0.2, 0.25) is 0 Å². The van der Waals surface area contributed by atoms with Gasteiger partial charge in [-0.25, -0.2) is 0 Å². The quantitative estimate of drug-likeness (QED) is 0.821. The first-order chi connectivity index (χ1) is 10.2. The molecule has 118 valence electrons. The monoisotopic (exact) mass is 307 g/mol. The van der Waals surface area contributed by atoms with Crippen molar-refractivity contribution in [2.75, 3.05) is 12.3 Å². The standard InChI is InChI=1S/C18H29NOS/c1-3-13-19-18(17-12-8-7-9-15(17)2)14-21(20)16-10-5-4-6-11-16/h7-9,12,16,18-19H,3-6,10-11,13-14H2,1-2H3. The lowest BCUT2D eigenvalue weighted by Gasteiger charge is -2.25. The summed E-state index contributed by atoms with van der Waals surface area (Å²) in [5.74, 6) is 0.759. The second-order valence-corrected chi connectivity index (χ2v) is 7.93. The normalized spacial score (nSPS) is 19.3. The third-order valence-electron chi connectivity index (χ3n) is 4.46. The van der Waals surface area contributed by atoms with E-state index in [2.05, 4.69) is 43.4 Å². The van der Waals surface area contributed by atoms with Crippen LogP contribution < -0.4 is 5.32 Å². The van der Waals surface area contributed by atoms with Crippen molar-refractivity contribution in [3.63, 3.8) is 0 Å². The minimum Gasteiger partial charge on any atom is -0.309 e. The van der Waals surface area contributed by atoms with E-state index in [-0.39, 0.29) is 6.04 Å². The highest BCUT2D eigenvalue weighted by molar-refractivity contribution is 7.85. The van der Waals surface area contributed by atoms with E-state index in [1.54, 1.807) is 0 Å². The van der Waals surface area contributed by atoms with Crippen LogP contribution in [0, 0.1) is 6.92 Å². The molecule has 0 radical (unpaired) electrons. The minimum absolute atomic E-state index is 0.230. The Bertz CT molecular complexity index is 454. The molecule has 1 aliphatic rings. The lowest BCUT2D eigenvalue weighted by Crippen LogP contribution is -2.31. The largest absolute Gasteiger partial charge is 0.309 e. The van der Waals surface area contributed by atoms with Crippen LogP contribution in [0.25, 0.3) is 0 Å². The zero-order valence-corrected chi connectivity index (χ0v) is 14.3. The number of hydrogen-bond donors (Lipinski definition) is 1. The number of nitrogens with one attached hydrogen (secondary N) is 1. The van der Waals surface area contributed by atoms with Gasteiger partial charge in [0, 0.05) is 27.8 Å². The van der Waals surface area contributed by atoms with Crippen LogP contribution in [0.4, 0.5) is 0 Å². The van der Waals surface area contributed by atoms with Crippen LogP contribution >= 0.6 is 0 Å². The van der Waals surface area contributed by atoms with Gasteiger partial charge in [0.25, 0.3) is 0 Å². The Kier molecular flexibility index (Phi) is 6.91. The summed E-state index contributed by atoms with van der Waals surface area (Å²) in [5.41, 5.74) is 2.61. The van der Waals surface area contributed by atoms with Crippen LogP contribution in [0.1, 0.15) is 62.6 Å². The van der Waals surface area contributed by atoms with Crippen LogP contribution in [-0.4, -0.2) is 21.8 Å². The fraction of sp³-hybridized carbons (Fsp3) is 0.667. The van der Waals surface area contributed by atoms with Gasteiger partial charge in [0.05, 0.1) is 0 Å². The summed E-state index contributed by atoms with van der Waals surface area (Å²) in [7, 11) is -0.711. The molecule has 1 aliphatic carbocycles. The zero-order chi connectivity index (χ0) is 15.1. The Morgan fingerprint density at radius 2 is 1.95 bits per heavy atom. The lowest BCUT2D eigenvalue weighted by atomic mass is 10.0. The van der Waals surface area contributed by atoms with Crippen molar-refractivity contribution in [3.8, 4) is 0 Å². The van der Waals surface area contributed by atoms with Crippen molar-refractivity contribution in [3.05, 3.63) is 35.4 Å². The smallest absolute Gasteiger partial charge is 0.0439 e. The summed E-state index contributed by atoms with van der Waals surface area (Å²) in [5, 5.41) is 4.03. The average Bonchev–Trinajstić information content (AvgIpc) is 2.53. The van der Waals surface area contributed by atoms with Crippen LogP contribution in [-0.2, 0) is 10.8 Å². The molecule has 1 aromatic rings. The average molecular weight is 308 g/mol. The van der Waals surface area contributed by atoms with Crippen molar-refractivity contribution < 1.29 is 4.21 Å². The molecule has 1 aromatic carbocycles. The minimum atomic E-state index is -0.711. The molecular formula is C18H29NOS. The molecule has 21 heavy (non-hydrogen) atoms. The molecule has 2 unspecified atom stereocenters. The maximum absolute atomic E-state index is 12.7. The summed E-state index contributed by atoms with van der Waals surface area (Å²) in [6, 6.07) is 8.73. The zero-order valence-electron chi connectivity index (χ0n) is 13.4. The molecule has 2 rings (SSSR count). The number of benzene rings is 1. The van der Waals surface area contributed by atoms with E-state index < -0.39 is 10.8 Å². The second-order valence-electron chi connectivity index (χ2n) is 6.17. The Morgan fingerprint density at radius 3 is 2.62 bits per heavy atom. The summed E-state index contributed by atoms with van der Waals surface area (Å²) in [4.78, 5) is 0. The topological polar surface area (TPSA) is 29.1 Å². The van der Waals surface area contributed by atoms with Gasteiger partial charge in [-0.1, -0.05) is 50.5 Å². The third kappa shape index (κ3) is 4.93. The molecule has 0 aliphatic heterocycles. The van der Waals surface area contributed by atoms with E-state index in [1.165, 1.54) is 30.4 Å². The van der Waals surface area contributed by atoms with Gasteiger partial charge >= 0.3 is 0 Å². The highest BCUT2D eigenvalue weighted by atomic mass is 32.2. The van der Waals surface area contributed by atoms with Gasteiger partial charge in [-0.2, -0.15) is 0 Å². The highest BCUT2D eigenvalue weighted by Gasteiger charge is 2.23. The Labute approximate surface area is 132 Å². The molecule has 1 N–H and O–H groups in total. The molecule has 3 heteroatoms. The van der Waals surface area contributed by atoms with Crippen molar-refractivity contribution in [1.82, 2.24) is 5.32 Å².